The molecule has 0 saturated heterocycles. The molecule has 0 N–H and O–H groups in total. The van der Waals surface area contributed by atoms with Crippen molar-refractivity contribution in [2.45, 2.75) is 47.0 Å². The Morgan fingerprint density at radius 1 is 0.303 bits per heavy atom. The molecule has 1 nitrogen and oxygen atoms in total. The van der Waals surface area contributed by atoms with Crippen molar-refractivity contribution in [3.63, 3.8) is 0 Å². The van der Waals surface area contributed by atoms with Crippen molar-refractivity contribution in [2.24, 2.45) is 10.8 Å². The summed E-state index contributed by atoms with van der Waals surface area (Å²) in [4.78, 5) is 0. The van der Waals surface area contributed by atoms with Crippen molar-refractivity contribution in [1.82, 2.24) is 0 Å². The minimum Gasteiger partial charge on any atom is -0.456 e. The molecule has 0 saturated carbocycles. The molecule has 0 fully saturated rings. The normalized spacial score (nSPS) is 13.7. The molecule has 1 aromatic heterocycles. The summed E-state index contributed by atoms with van der Waals surface area (Å²) in [6.45, 7) is 14.8. The van der Waals surface area contributed by atoms with Gasteiger partial charge in [-0.1, -0.05) is 211 Å². The lowest BCUT2D eigenvalue weighted by Crippen LogP contribution is -2.50. The van der Waals surface area contributed by atoms with E-state index in [1.54, 1.807) is 0 Å². The highest BCUT2D eigenvalue weighted by atomic mass is 16.3. The predicted molar refractivity (Wildman–Crippen MR) is 283 cm³/mol. The van der Waals surface area contributed by atoms with Gasteiger partial charge in [0.25, 0.3) is 0 Å². The Bertz CT molecular complexity index is 3920. The van der Waals surface area contributed by atoms with Crippen LogP contribution < -0.4 is 0 Å². The highest BCUT2D eigenvalue weighted by Crippen LogP contribution is 2.68. The van der Waals surface area contributed by atoms with Gasteiger partial charge in [0, 0.05) is 16.2 Å². The molecule has 316 valence electrons. The van der Waals surface area contributed by atoms with Gasteiger partial charge in [0.2, 0.25) is 0 Å². The van der Waals surface area contributed by atoms with Crippen LogP contribution in [-0.4, -0.2) is 0 Å². The van der Waals surface area contributed by atoms with Gasteiger partial charge in [-0.05, 0) is 145 Å². The zero-order valence-electron chi connectivity index (χ0n) is 38.4. The first-order valence-electron chi connectivity index (χ1n) is 23.5. The molecule has 11 aromatic carbocycles. The fourth-order valence-corrected chi connectivity index (χ4v) is 13.1. The van der Waals surface area contributed by atoms with E-state index in [1.165, 1.54) is 109 Å². The molecule has 12 aromatic rings. The maximum atomic E-state index is 6.25. The van der Waals surface area contributed by atoms with Gasteiger partial charge in [-0.15, -0.1) is 0 Å². The molecule has 1 heterocycles. The Morgan fingerprint density at radius 3 is 1.36 bits per heavy atom. The van der Waals surface area contributed by atoms with Crippen LogP contribution in [0, 0.1) is 10.8 Å². The Hall–Kier alpha value is -7.48. The van der Waals surface area contributed by atoms with Crippen LogP contribution in [0.25, 0.3) is 120 Å². The maximum absolute atomic E-state index is 6.25. The molecule has 0 radical (unpaired) electrons. The van der Waals surface area contributed by atoms with Crippen molar-refractivity contribution in [1.29, 1.82) is 0 Å². The molecule has 0 amide bonds. The summed E-state index contributed by atoms with van der Waals surface area (Å²) in [5.74, 6) is 0. The van der Waals surface area contributed by atoms with E-state index in [1.807, 2.05) is 6.07 Å². The van der Waals surface area contributed by atoms with E-state index in [4.69, 9.17) is 4.42 Å². The molecule has 0 bridgehead atoms. The van der Waals surface area contributed by atoms with Crippen molar-refractivity contribution >= 4 is 75.8 Å². The Balaban J connectivity index is 0.965. The van der Waals surface area contributed by atoms with Gasteiger partial charge in [0.1, 0.15) is 11.2 Å². The topological polar surface area (TPSA) is 13.1 Å². The van der Waals surface area contributed by atoms with Crippen molar-refractivity contribution in [2.75, 3.05) is 0 Å². The first kappa shape index (κ1) is 38.9. The summed E-state index contributed by atoms with van der Waals surface area (Å²) in [6.07, 6.45) is 0. The average Bonchev–Trinajstić information content (AvgIpc) is 3.88. The van der Waals surface area contributed by atoms with Gasteiger partial charge < -0.3 is 4.42 Å². The molecule has 0 aliphatic heterocycles. The number of para-hydroxylation sites is 1. The highest BCUT2D eigenvalue weighted by Gasteiger charge is 2.59. The molecule has 66 heavy (non-hydrogen) atoms. The zero-order valence-corrected chi connectivity index (χ0v) is 38.4. The molecular formula is C65H50O. The van der Waals surface area contributed by atoms with Crippen molar-refractivity contribution < 1.29 is 4.42 Å². The van der Waals surface area contributed by atoms with Gasteiger partial charge in [-0.25, -0.2) is 0 Å². The van der Waals surface area contributed by atoms with E-state index in [2.05, 4.69) is 230 Å². The summed E-state index contributed by atoms with van der Waals surface area (Å²) in [5, 5.41) is 15.3. The van der Waals surface area contributed by atoms with E-state index in [9.17, 15) is 0 Å². The number of furan rings is 1. The van der Waals surface area contributed by atoms with Crippen LogP contribution in [0.5, 0.6) is 0 Å². The summed E-state index contributed by atoms with van der Waals surface area (Å²) in [5.41, 5.74) is 14.5. The van der Waals surface area contributed by atoms with Crippen LogP contribution in [0.1, 0.15) is 52.7 Å². The average molecular weight is 847 g/mol. The van der Waals surface area contributed by atoms with Crippen LogP contribution >= 0.6 is 0 Å². The standard InChI is InChI=1S/C65H50O/c1-63(2,3)65(64(4,5)6)61-44-34-31-41(37-42(44)32-35-54(61)60-48-20-9-7-17-45(48)46-18-8-14-25-53(46)62(60)65)39-27-29-40(30-28-39)58-49-21-10-12-23-51(49)59(52-24-13-11-22-50(52)58)43-33-36-57-55(38-43)47-19-15-16-26-56(47)66-57/h7-38H,1-6H3. The summed E-state index contributed by atoms with van der Waals surface area (Å²) >= 11 is 0. The number of rotatable bonds is 3. The highest BCUT2D eigenvalue weighted by molar-refractivity contribution is 6.23. The quantitative estimate of drug-likeness (QED) is 0.128. The third-order valence-electron chi connectivity index (χ3n) is 15.3. The lowest BCUT2D eigenvalue weighted by molar-refractivity contribution is 0.0977. The second kappa shape index (κ2) is 13.8. The van der Waals surface area contributed by atoms with Gasteiger partial charge in [0.15, 0.2) is 0 Å². The third-order valence-corrected chi connectivity index (χ3v) is 15.3. The molecular weight excluding hydrogens is 797 g/mol. The van der Waals surface area contributed by atoms with Crippen LogP contribution in [0.15, 0.2) is 199 Å². The number of hydrogen-bond acceptors (Lipinski definition) is 1. The molecule has 1 aliphatic rings. The van der Waals surface area contributed by atoms with E-state index in [0.29, 0.717) is 0 Å². The number of benzene rings is 11. The van der Waals surface area contributed by atoms with E-state index < -0.39 is 0 Å². The number of hydrogen-bond donors (Lipinski definition) is 0. The monoisotopic (exact) mass is 846 g/mol. The Kier molecular flexibility index (Phi) is 8.12. The van der Waals surface area contributed by atoms with E-state index in [-0.39, 0.29) is 16.2 Å². The lowest BCUT2D eigenvalue weighted by atomic mass is 9.49. The molecule has 1 heteroatoms. The van der Waals surface area contributed by atoms with Crippen LogP contribution in [-0.2, 0) is 5.41 Å². The Morgan fingerprint density at radius 2 is 0.758 bits per heavy atom. The molecule has 1 aliphatic carbocycles. The summed E-state index contributed by atoms with van der Waals surface area (Å²) in [7, 11) is 0. The van der Waals surface area contributed by atoms with Crippen LogP contribution in [0.4, 0.5) is 0 Å². The second-order valence-electron chi connectivity index (χ2n) is 20.7. The van der Waals surface area contributed by atoms with Crippen molar-refractivity contribution in [3.8, 4) is 44.5 Å². The first-order valence-corrected chi connectivity index (χ1v) is 23.5. The first-order chi connectivity index (χ1) is 32.0. The minimum atomic E-state index is -0.279. The predicted octanol–water partition coefficient (Wildman–Crippen LogP) is 18.7. The van der Waals surface area contributed by atoms with Gasteiger partial charge >= 0.3 is 0 Å². The molecule has 0 unspecified atom stereocenters. The molecule has 13 rings (SSSR count). The SMILES string of the molecule is CC(C)(C)C1(C(C)(C)C)c2c(ccc3cc(-c4ccc(-c5c6ccccc6c(-c6ccc7oc8ccccc8c7c6)c6ccccc56)cc4)ccc23)-c2c1c1ccccc1c1ccccc21. The fourth-order valence-electron chi connectivity index (χ4n) is 13.1. The van der Waals surface area contributed by atoms with Gasteiger partial charge in [0.05, 0.1) is 0 Å². The van der Waals surface area contributed by atoms with Crippen LogP contribution in [0.2, 0.25) is 0 Å². The smallest absolute Gasteiger partial charge is 0.135 e. The fraction of sp³-hybridized carbons (Fsp3) is 0.138. The van der Waals surface area contributed by atoms with Crippen molar-refractivity contribution in [3.05, 3.63) is 205 Å². The second-order valence-corrected chi connectivity index (χ2v) is 20.7. The number of fused-ring (bicyclic) bond motifs is 15. The van der Waals surface area contributed by atoms with Gasteiger partial charge in [-0.2, -0.15) is 0 Å². The summed E-state index contributed by atoms with van der Waals surface area (Å²) < 4.78 is 6.25. The molecule has 0 spiro atoms. The third kappa shape index (κ3) is 5.23. The van der Waals surface area contributed by atoms with Crippen LogP contribution in [0.3, 0.4) is 0 Å². The minimum absolute atomic E-state index is 0.103. The largest absolute Gasteiger partial charge is 0.456 e. The van der Waals surface area contributed by atoms with E-state index >= 15 is 0 Å². The van der Waals surface area contributed by atoms with Gasteiger partial charge in [-0.3, -0.25) is 0 Å². The maximum Gasteiger partial charge on any atom is 0.135 e. The zero-order chi connectivity index (χ0) is 44.7. The van der Waals surface area contributed by atoms with E-state index in [0.717, 1.165) is 21.9 Å². The molecule has 0 atom stereocenters. The summed E-state index contributed by atoms with van der Waals surface area (Å²) in [6, 6.07) is 72.4. The Labute approximate surface area is 386 Å². The lowest BCUT2D eigenvalue weighted by Gasteiger charge is -2.54.